The van der Waals surface area contributed by atoms with Crippen molar-refractivity contribution in [1.29, 1.82) is 0 Å². The van der Waals surface area contributed by atoms with Gasteiger partial charge in [-0.2, -0.15) is 10.1 Å². The molecule has 24 heavy (non-hydrogen) atoms. The van der Waals surface area contributed by atoms with Crippen LogP contribution in [0.2, 0.25) is 0 Å². The van der Waals surface area contributed by atoms with E-state index in [2.05, 4.69) is 36.8 Å². The van der Waals surface area contributed by atoms with Crippen molar-refractivity contribution in [2.45, 2.75) is 37.1 Å². The minimum atomic E-state index is 0.212. The van der Waals surface area contributed by atoms with E-state index in [1.807, 2.05) is 19.3 Å². The van der Waals surface area contributed by atoms with Gasteiger partial charge in [0.05, 0.1) is 5.54 Å². The van der Waals surface area contributed by atoms with Gasteiger partial charge in [-0.1, -0.05) is 0 Å². The van der Waals surface area contributed by atoms with Crippen LogP contribution >= 0.6 is 0 Å². The van der Waals surface area contributed by atoms with Crippen molar-refractivity contribution in [1.82, 2.24) is 25.5 Å². The molecule has 2 bridgehead atoms. The highest BCUT2D eigenvalue weighted by Gasteiger charge is 2.56. The molecule has 2 saturated heterocycles. The van der Waals surface area contributed by atoms with Gasteiger partial charge < -0.3 is 15.5 Å². The van der Waals surface area contributed by atoms with E-state index in [1.165, 1.54) is 31.4 Å². The summed E-state index contributed by atoms with van der Waals surface area (Å²) in [5.74, 6) is 3.93. The second-order valence-corrected chi connectivity index (χ2v) is 7.49. The standard InChI is InChI=1S/C17H23N7/c1-18-10-17-7-11(8-17)9-24(17)16-19-5-4-14(21-16)20-15-6-13(22-23-15)12-2-3-12/h4-6,11-12,18H,2-3,7-10H2,1H3,(H2,19,20,21,22,23). The van der Waals surface area contributed by atoms with Crippen molar-refractivity contribution in [3.63, 3.8) is 0 Å². The number of anilines is 3. The number of fused-ring (bicyclic) bond motifs is 1. The van der Waals surface area contributed by atoms with Gasteiger partial charge in [0.2, 0.25) is 5.95 Å². The summed E-state index contributed by atoms with van der Waals surface area (Å²) in [6.45, 7) is 2.06. The summed E-state index contributed by atoms with van der Waals surface area (Å²) in [5.41, 5.74) is 1.43. The van der Waals surface area contributed by atoms with Crippen LogP contribution in [0.1, 0.15) is 37.3 Å². The zero-order valence-electron chi connectivity index (χ0n) is 13.9. The smallest absolute Gasteiger partial charge is 0.227 e. The Morgan fingerprint density at radius 3 is 3.00 bits per heavy atom. The molecule has 0 amide bonds. The molecule has 126 valence electrons. The van der Waals surface area contributed by atoms with E-state index in [1.54, 1.807) is 0 Å². The average molecular weight is 325 g/mol. The predicted molar refractivity (Wildman–Crippen MR) is 92.6 cm³/mol. The van der Waals surface area contributed by atoms with Crippen molar-refractivity contribution in [2.24, 2.45) is 5.92 Å². The molecule has 2 aliphatic heterocycles. The Hall–Kier alpha value is -2.15. The zero-order valence-corrected chi connectivity index (χ0v) is 13.9. The Morgan fingerprint density at radius 2 is 2.21 bits per heavy atom. The van der Waals surface area contributed by atoms with Crippen LogP contribution in [0.25, 0.3) is 0 Å². The van der Waals surface area contributed by atoms with Crippen LogP contribution in [0.3, 0.4) is 0 Å². The molecule has 0 radical (unpaired) electrons. The maximum Gasteiger partial charge on any atom is 0.227 e. The van der Waals surface area contributed by atoms with Crippen molar-refractivity contribution < 1.29 is 0 Å². The van der Waals surface area contributed by atoms with E-state index >= 15 is 0 Å². The van der Waals surface area contributed by atoms with Crippen LogP contribution in [0, 0.1) is 5.92 Å². The second-order valence-electron chi connectivity index (χ2n) is 7.49. The van der Waals surface area contributed by atoms with Crippen molar-refractivity contribution in [2.75, 3.05) is 30.4 Å². The quantitative estimate of drug-likeness (QED) is 0.754. The number of hydrogen-bond acceptors (Lipinski definition) is 6. The van der Waals surface area contributed by atoms with Crippen molar-refractivity contribution >= 4 is 17.6 Å². The van der Waals surface area contributed by atoms with Gasteiger partial charge in [-0.05, 0) is 44.7 Å². The lowest BCUT2D eigenvalue weighted by atomic mass is 9.73. The fraction of sp³-hybridized carbons (Fsp3) is 0.588. The van der Waals surface area contributed by atoms with Gasteiger partial charge in [0.1, 0.15) is 5.82 Å². The molecule has 4 fully saturated rings. The first-order chi connectivity index (χ1) is 11.8. The predicted octanol–water partition coefficient (Wildman–Crippen LogP) is 2.01. The summed E-state index contributed by atoms with van der Waals surface area (Å²) in [7, 11) is 2.02. The monoisotopic (exact) mass is 325 g/mol. The van der Waals surface area contributed by atoms with E-state index in [-0.39, 0.29) is 5.54 Å². The molecule has 4 aliphatic rings. The molecule has 2 aliphatic carbocycles. The fourth-order valence-electron chi connectivity index (χ4n) is 4.36. The largest absolute Gasteiger partial charge is 0.334 e. The molecule has 0 atom stereocenters. The summed E-state index contributed by atoms with van der Waals surface area (Å²) in [6.07, 6.45) is 6.87. The van der Waals surface area contributed by atoms with Crippen molar-refractivity contribution in [3.05, 3.63) is 24.0 Å². The third-order valence-corrected chi connectivity index (χ3v) is 5.61. The van der Waals surface area contributed by atoms with Gasteiger partial charge in [-0.3, -0.25) is 5.10 Å². The first-order valence-electron chi connectivity index (χ1n) is 8.83. The Morgan fingerprint density at radius 1 is 1.33 bits per heavy atom. The summed E-state index contributed by atoms with van der Waals surface area (Å²) in [6, 6.07) is 3.99. The van der Waals surface area contributed by atoms with Gasteiger partial charge in [0.15, 0.2) is 5.82 Å². The van der Waals surface area contributed by atoms with Gasteiger partial charge >= 0.3 is 0 Å². The van der Waals surface area contributed by atoms with Gasteiger partial charge in [-0.25, -0.2) is 4.98 Å². The Labute approximate surface area is 141 Å². The normalized spacial score (nSPS) is 28.0. The van der Waals surface area contributed by atoms with Crippen LogP contribution in [-0.2, 0) is 0 Å². The Balaban J connectivity index is 1.36. The summed E-state index contributed by atoms with van der Waals surface area (Å²) in [4.78, 5) is 11.7. The first kappa shape index (κ1) is 14.2. The van der Waals surface area contributed by atoms with Crippen molar-refractivity contribution in [3.8, 4) is 0 Å². The molecule has 7 nitrogen and oxygen atoms in total. The number of likely N-dealkylation sites (N-methyl/N-ethyl adjacent to an activating group) is 1. The number of hydrogen-bond donors (Lipinski definition) is 3. The molecule has 3 N–H and O–H groups in total. The van der Waals surface area contributed by atoms with Crippen LogP contribution in [-0.4, -0.2) is 45.8 Å². The molecule has 0 aromatic carbocycles. The Bertz CT molecular complexity index is 745. The zero-order chi connectivity index (χ0) is 16.1. The van der Waals surface area contributed by atoms with Crippen LogP contribution in [0.15, 0.2) is 18.3 Å². The number of nitrogens with one attached hydrogen (secondary N) is 3. The highest BCUT2D eigenvalue weighted by atomic mass is 15.4. The van der Waals surface area contributed by atoms with E-state index in [9.17, 15) is 0 Å². The summed E-state index contributed by atoms with van der Waals surface area (Å²) in [5, 5.41) is 14.1. The molecule has 2 aromatic heterocycles. The highest BCUT2D eigenvalue weighted by molar-refractivity contribution is 5.55. The number of H-pyrrole nitrogens is 1. The summed E-state index contributed by atoms with van der Waals surface area (Å²) < 4.78 is 0. The average Bonchev–Trinajstić information content (AvgIpc) is 3.04. The van der Waals surface area contributed by atoms with E-state index in [4.69, 9.17) is 4.98 Å². The molecule has 2 saturated carbocycles. The SMILES string of the molecule is CNCC12CC(CN1c1nccc(Nc3cc(C4CC4)[nH]n3)n1)C2. The molecule has 0 unspecified atom stereocenters. The lowest BCUT2D eigenvalue weighted by Crippen LogP contribution is -2.53. The van der Waals surface area contributed by atoms with Crippen LogP contribution in [0.5, 0.6) is 0 Å². The Kier molecular flexibility index (Phi) is 3.06. The minimum Gasteiger partial charge on any atom is -0.334 e. The molecule has 4 heterocycles. The topological polar surface area (TPSA) is 81.8 Å². The lowest BCUT2D eigenvalue weighted by molar-refractivity contribution is 0.238. The van der Waals surface area contributed by atoms with Gasteiger partial charge in [0, 0.05) is 37.0 Å². The van der Waals surface area contributed by atoms with E-state index in [0.29, 0.717) is 5.92 Å². The van der Waals surface area contributed by atoms with Gasteiger partial charge in [0.25, 0.3) is 0 Å². The minimum absolute atomic E-state index is 0.212. The first-order valence-corrected chi connectivity index (χ1v) is 8.83. The fourth-order valence-corrected chi connectivity index (χ4v) is 4.36. The summed E-state index contributed by atoms with van der Waals surface area (Å²) >= 11 is 0. The molecule has 2 aromatic rings. The maximum atomic E-state index is 4.75. The number of aromatic amines is 1. The third-order valence-electron chi connectivity index (χ3n) is 5.61. The number of rotatable bonds is 6. The lowest BCUT2D eigenvalue weighted by Gasteiger charge is -2.42. The number of nitrogens with zero attached hydrogens (tertiary/aromatic N) is 4. The van der Waals surface area contributed by atoms with Crippen LogP contribution in [0.4, 0.5) is 17.6 Å². The third kappa shape index (κ3) is 2.26. The van der Waals surface area contributed by atoms with E-state index in [0.717, 1.165) is 36.6 Å². The van der Waals surface area contributed by atoms with Crippen LogP contribution < -0.4 is 15.5 Å². The highest BCUT2D eigenvalue weighted by Crippen LogP contribution is 2.51. The van der Waals surface area contributed by atoms with E-state index < -0.39 is 0 Å². The molecular weight excluding hydrogens is 302 g/mol. The molecular formula is C17H23N7. The molecule has 7 heteroatoms. The van der Waals surface area contributed by atoms with Gasteiger partial charge in [-0.15, -0.1) is 0 Å². The molecule has 0 spiro atoms. The number of aromatic nitrogens is 4. The maximum absolute atomic E-state index is 4.75. The molecule has 6 rings (SSSR count). The second kappa shape index (κ2) is 5.17.